The summed E-state index contributed by atoms with van der Waals surface area (Å²) in [6.45, 7) is 6.26. The molecule has 0 amide bonds. The van der Waals surface area contributed by atoms with E-state index in [1.165, 1.54) is 19.3 Å². The first-order chi connectivity index (χ1) is 6.77. The molecule has 0 radical (unpaired) electrons. The fourth-order valence-electron chi connectivity index (χ4n) is 1.67. The van der Waals surface area contributed by atoms with Crippen LogP contribution >= 0.6 is 0 Å². The van der Waals surface area contributed by atoms with Crippen LogP contribution in [-0.4, -0.2) is 23.2 Å². The topological polar surface area (TPSA) is 42.2 Å². The molecule has 0 N–H and O–H groups in total. The van der Waals surface area contributed by atoms with Gasteiger partial charge in [-0.1, -0.05) is 19.0 Å². The minimum atomic E-state index is 0.345. The molecule has 0 spiro atoms. The lowest BCUT2D eigenvalue weighted by atomic mass is 10.1. The van der Waals surface area contributed by atoms with Gasteiger partial charge in [-0.25, -0.2) is 0 Å². The number of aromatic nitrogens is 2. The summed E-state index contributed by atoms with van der Waals surface area (Å²) in [6, 6.07) is 0.702. The summed E-state index contributed by atoms with van der Waals surface area (Å²) >= 11 is 0. The predicted octanol–water partition coefficient (Wildman–Crippen LogP) is 2.18. The fraction of sp³-hybridized carbons (Fsp3) is 0.800. The van der Waals surface area contributed by atoms with E-state index in [9.17, 15) is 0 Å². The summed E-state index contributed by atoms with van der Waals surface area (Å²) in [5.74, 6) is 1.16. The molecule has 1 aliphatic heterocycles. The number of anilines is 1. The maximum atomic E-state index is 5.23. The summed E-state index contributed by atoms with van der Waals surface area (Å²) < 4.78 is 5.23. The van der Waals surface area contributed by atoms with Gasteiger partial charge in [-0.15, -0.1) is 0 Å². The predicted molar refractivity (Wildman–Crippen MR) is 54.5 cm³/mol. The lowest BCUT2D eigenvalue weighted by molar-refractivity contribution is 0.394. The zero-order chi connectivity index (χ0) is 9.97. The summed E-state index contributed by atoms with van der Waals surface area (Å²) in [5, 5.41) is 3.96. The number of nitrogens with zero attached hydrogens (tertiary/aromatic N) is 3. The average molecular weight is 195 g/mol. The summed E-state index contributed by atoms with van der Waals surface area (Å²) in [5.41, 5.74) is 0. The molecule has 1 fully saturated rings. The van der Waals surface area contributed by atoms with Crippen LogP contribution in [0.2, 0.25) is 0 Å². The molecule has 1 aromatic heterocycles. The standard InChI is InChI=1S/C10H17N3O/c1-8(2)9-11-10(14-12-9)13-6-4-3-5-7-13/h8H,3-7H2,1-2H3. The highest BCUT2D eigenvalue weighted by molar-refractivity contribution is 5.25. The van der Waals surface area contributed by atoms with Gasteiger partial charge in [-0.05, 0) is 19.3 Å². The minimum Gasteiger partial charge on any atom is -0.324 e. The van der Waals surface area contributed by atoms with Crippen LogP contribution in [0.15, 0.2) is 4.52 Å². The van der Waals surface area contributed by atoms with Gasteiger partial charge in [0.2, 0.25) is 0 Å². The van der Waals surface area contributed by atoms with Gasteiger partial charge in [0.1, 0.15) is 0 Å². The smallest absolute Gasteiger partial charge is 0.324 e. The number of hydrogen-bond donors (Lipinski definition) is 0. The Morgan fingerprint density at radius 2 is 1.93 bits per heavy atom. The van der Waals surface area contributed by atoms with Crippen LogP contribution in [0.1, 0.15) is 44.9 Å². The van der Waals surface area contributed by atoms with Crippen LogP contribution in [0.4, 0.5) is 6.01 Å². The highest BCUT2D eigenvalue weighted by Gasteiger charge is 2.17. The molecule has 0 aromatic carbocycles. The fourth-order valence-corrected chi connectivity index (χ4v) is 1.67. The van der Waals surface area contributed by atoms with Crippen molar-refractivity contribution in [2.75, 3.05) is 18.0 Å². The van der Waals surface area contributed by atoms with Crippen molar-refractivity contribution in [3.8, 4) is 0 Å². The SMILES string of the molecule is CC(C)c1noc(N2CCCCC2)n1. The van der Waals surface area contributed by atoms with Gasteiger partial charge >= 0.3 is 6.01 Å². The average Bonchev–Trinajstić information content (AvgIpc) is 2.68. The second kappa shape index (κ2) is 3.98. The van der Waals surface area contributed by atoms with Crippen molar-refractivity contribution in [1.29, 1.82) is 0 Å². The Balaban J connectivity index is 2.07. The summed E-state index contributed by atoms with van der Waals surface area (Å²) in [4.78, 5) is 6.56. The van der Waals surface area contributed by atoms with Crippen molar-refractivity contribution in [2.45, 2.75) is 39.0 Å². The van der Waals surface area contributed by atoms with E-state index in [0.717, 1.165) is 18.9 Å². The summed E-state index contributed by atoms with van der Waals surface area (Å²) in [6.07, 6.45) is 3.79. The Bertz CT molecular complexity index is 289. The third kappa shape index (κ3) is 1.89. The molecular weight excluding hydrogens is 178 g/mol. The van der Waals surface area contributed by atoms with Crippen molar-refractivity contribution >= 4 is 6.01 Å². The Hall–Kier alpha value is -1.06. The van der Waals surface area contributed by atoms with Crippen molar-refractivity contribution in [1.82, 2.24) is 10.1 Å². The Morgan fingerprint density at radius 1 is 1.21 bits per heavy atom. The van der Waals surface area contributed by atoms with Crippen LogP contribution < -0.4 is 4.90 Å². The van der Waals surface area contributed by atoms with Gasteiger partial charge in [-0.2, -0.15) is 4.98 Å². The highest BCUT2D eigenvalue weighted by atomic mass is 16.5. The number of hydrogen-bond acceptors (Lipinski definition) is 4. The van der Waals surface area contributed by atoms with E-state index in [0.29, 0.717) is 11.9 Å². The zero-order valence-electron chi connectivity index (χ0n) is 8.86. The third-order valence-corrected chi connectivity index (χ3v) is 2.57. The lowest BCUT2D eigenvalue weighted by Crippen LogP contribution is -2.29. The van der Waals surface area contributed by atoms with Gasteiger partial charge in [0.15, 0.2) is 5.82 Å². The van der Waals surface area contributed by atoms with Crippen molar-refractivity contribution in [2.24, 2.45) is 0 Å². The molecule has 4 nitrogen and oxygen atoms in total. The number of piperidine rings is 1. The van der Waals surface area contributed by atoms with Crippen molar-refractivity contribution < 1.29 is 4.52 Å². The molecular formula is C10H17N3O. The highest BCUT2D eigenvalue weighted by Crippen LogP contribution is 2.19. The Kier molecular flexibility index (Phi) is 2.70. The molecule has 2 heterocycles. The van der Waals surface area contributed by atoms with E-state index < -0.39 is 0 Å². The summed E-state index contributed by atoms with van der Waals surface area (Å²) in [7, 11) is 0. The molecule has 0 bridgehead atoms. The van der Waals surface area contributed by atoms with Crippen LogP contribution in [0.5, 0.6) is 0 Å². The van der Waals surface area contributed by atoms with Gasteiger partial charge in [0.25, 0.3) is 0 Å². The van der Waals surface area contributed by atoms with Crippen molar-refractivity contribution in [3.05, 3.63) is 5.82 Å². The van der Waals surface area contributed by atoms with E-state index in [4.69, 9.17) is 4.52 Å². The van der Waals surface area contributed by atoms with E-state index >= 15 is 0 Å². The van der Waals surface area contributed by atoms with Crippen LogP contribution in [0, 0.1) is 0 Å². The molecule has 0 saturated carbocycles. The van der Waals surface area contributed by atoms with Gasteiger partial charge in [-0.3, -0.25) is 0 Å². The molecule has 4 heteroatoms. The lowest BCUT2D eigenvalue weighted by Gasteiger charge is -2.23. The first kappa shape index (κ1) is 9.49. The maximum Gasteiger partial charge on any atom is 0.324 e. The molecule has 1 saturated heterocycles. The Labute approximate surface area is 84.3 Å². The van der Waals surface area contributed by atoms with E-state index in [2.05, 4.69) is 28.9 Å². The Morgan fingerprint density at radius 3 is 2.50 bits per heavy atom. The second-order valence-electron chi connectivity index (χ2n) is 4.14. The normalized spacial score (nSPS) is 17.8. The molecule has 2 rings (SSSR count). The van der Waals surface area contributed by atoms with E-state index in [1.807, 2.05) is 0 Å². The molecule has 14 heavy (non-hydrogen) atoms. The zero-order valence-corrected chi connectivity index (χ0v) is 8.86. The molecule has 0 aliphatic carbocycles. The second-order valence-corrected chi connectivity index (χ2v) is 4.14. The van der Waals surface area contributed by atoms with E-state index in [1.54, 1.807) is 0 Å². The molecule has 0 unspecified atom stereocenters. The van der Waals surface area contributed by atoms with E-state index in [-0.39, 0.29) is 0 Å². The quantitative estimate of drug-likeness (QED) is 0.725. The third-order valence-electron chi connectivity index (χ3n) is 2.57. The van der Waals surface area contributed by atoms with Crippen LogP contribution in [-0.2, 0) is 0 Å². The largest absolute Gasteiger partial charge is 0.324 e. The van der Waals surface area contributed by atoms with Gasteiger partial charge in [0.05, 0.1) is 0 Å². The molecule has 78 valence electrons. The van der Waals surface area contributed by atoms with Crippen LogP contribution in [0.3, 0.4) is 0 Å². The van der Waals surface area contributed by atoms with Gasteiger partial charge in [0, 0.05) is 19.0 Å². The molecule has 0 atom stereocenters. The molecule has 1 aromatic rings. The maximum absolute atomic E-state index is 5.23. The first-order valence-corrected chi connectivity index (χ1v) is 5.36. The monoisotopic (exact) mass is 195 g/mol. The van der Waals surface area contributed by atoms with Gasteiger partial charge < -0.3 is 9.42 Å². The van der Waals surface area contributed by atoms with Crippen LogP contribution in [0.25, 0.3) is 0 Å². The van der Waals surface area contributed by atoms with Crippen molar-refractivity contribution in [3.63, 3.8) is 0 Å². The first-order valence-electron chi connectivity index (χ1n) is 5.36. The minimum absolute atomic E-state index is 0.345. The molecule has 1 aliphatic rings. The number of rotatable bonds is 2.